The first-order valence-corrected chi connectivity index (χ1v) is 11.3. The van der Waals surface area contributed by atoms with Gasteiger partial charge in [-0.25, -0.2) is 9.37 Å². The Kier molecular flexibility index (Phi) is 6.90. The van der Waals surface area contributed by atoms with Crippen molar-refractivity contribution in [2.45, 2.75) is 6.10 Å². The Morgan fingerprint density at radius 3 is 2.74 bits per heavy atom. The van der Waals surface area contributed by atoms with Crippen LogP contribution < -0.4 is 14.8 Å². The van der Waals surface area contributed by atoms with E-state index in [0.29, 0.717) is 33.2 Å². The lowest BCUT2D eigenvalue weighted by Crippen LogP contribution is -2.28. The van der Waals surface area contributed by atoms with Crippen LogP contribution in [0.1, 0.15) is 27.7 Å². The molecule has 34 heavy (non-hydrogen) atoms. The van der Waals surface area contributed by atoms with Crippen molar-refractivity contribution in [3.05, 3.63) is 83.1 Å². The monoisotopic (exact) mass is 478 g/mol. The summed E-state index contributed by atoms with van der Waals surface area (Å²) in [5.41, 5.74) is 2.85. The van der Waals surface area contributed by atoms with Crippen molar-refractivity contribution in [1.29, 1.82) is 0 Å². The van der Waals surface area contributed by atoms with Crippen LogP contribution in [0.4, 0.5) is 4.39 Å². The number of methoxy groups -OCH3 is 2. The van der Waals surface area contributed by atoms with Gasteiger partial charge in [0.1, 0.15) is 11.9 Å². The van der Waals surface area contributed by atoms with Crippen molar-refractivity contribution in [3.8, 4) is 22.8 Å². The summed E-state index contributed by atoms with van der Waals surface area (Å²) in [6.45, 7) is 3.76. The number of amides is 1. The molecule has 1 atom stereocenters. The number of aromatic nitrogens is 1. The minimum Gasteiger partial charge on any atom is -0.493 e. The van der Waals surface area contributed by atoms with Crippen molar-refractivity contribution in [1.82, 2.24) is 10.3 Å². The Balaban J connectivity index is 1.56. The van der Waals surface area contributed by atoms with Gasteiger partial charge in [-0.2, -0.15) is 0 Å². The third kappa shape index (κ3) is 4.64. The lowest BCUT2D eigenvalue weighted by atomic mass is 10.1. The van der Waals surface area contributed by atoms with E-state index in [1.54, 1.807) is 36.4 Å². The van der Waals surface area contributed by atoms with E-state index >= 15 is 0 Å². The molecule has 1 unspecified atom stereocenters. The van der Waals surface area contributed by atoms with E-state index in [2.05, 4.69) is 16.9 Å². The second-order valence-corrected chi connectivity index (χ2v) is 8.36. The number of aliphatic hydroxyl groups is 1. The predicted octanol–water partition coefficient (Wildman–Crippen LogP) is 5.23. The number of carbonyl (C=O) groups excluding carboxylic acids is 1. The number of ether oxygens (including phenoxy) is 2. The Labute approximate surface area is 200 Å². The molecule has 4 rings (SSSR count). The predicted molar refractivity (Wildman–Crippen MR) is 132 cm³/mol. The maximum absolute atomic E-state index is 14.2. The molecule has 0 saturated carbocycles. The Morgan fingerprint density at radius 2 is 2.00 bits per heavy atom. The van der Waals surface area contributed by atoms with Gasteiger partial charge in [-0.1, -0.05) is 24.8 Å². The lowest BCUT2D eigenvalue weighted by Gasteiger charge is -2.14. The van der Waals surface area contributed by atoms with Crippen LogP contribution in [-0.2, 0) is 0 Å². The maximum atomic E-state index is 14.2. The summed E-state index contributed by atoms with van der Waals surface area (Å²) < 4.78 is 25.1. The molecule has 0 radical (unpaired) electrons. The number of halogens is 1. The highest BCUT2D eigenvalue weighted by molar-refractivity contribution is 7.17. The van der Waals surface area contributed by atoms with Gasteiger partial charge >= 0.3 is 0 Å². The quantitative estimate of drug-likeness (QED) is 0.363. The van der Waals surface area contributed by atoms with E-state index in [1.807, 2.05) is 17.5 Å². The molecule has 0 saturated heterocycles. The average Bonchev–Trinajstić information content (AvgIpc) is 3.31. The summed E-state index contributed by atoms with van der Waals surface area (Å²) in [5, 5.41) is 16.1. The van der Waals surface area contributed by atoms with Crippen LogP contribution in [0.15, 0.2) is 60.5 Å². The molecule has 174 valence electrons. The molecule has 2 heterocycles. The summed E-state index contributed by atoms with van der Waals surface area (Å²) in [7, 11) is 3.01. The molecule has 8 heteroatoms. The fourth-order valence-corrected chi connectivity index (χ4v) is 4.56. The van der Waals surface area contributed by atoms with Crippen molar-refractivity contribution in [2.75, 3.05) is 20.8 Å². The van der Waals surface area contributed by atoms with E-state index in [9.17, 15) is 14.3 Å². The summed E-state index contributed by atoms with van der Waals surface area (Å²) >= 11 is 1.30. The van der Waals surface area contributed by atoms with Crippen LogP contribution in [0.2, 0.25) is 0 Å². The highest BCUT2D eigenvalue weighted by Crippen LogP contribution is 2.35. The second kappa shape index (κ2) is 10.0. The number of nitrogens with one attached hydrogen (secondary N) is 1. The van der Waals surface area contributed by atoms with Gasteiger partial charge in [-0.3, -0.25) is 4.79 Å². The smallest absolute Gasteiger partial charge is 0.251 e. The van der Waals surface area contributed by atoms with Gasteiger partial charge < -0.3 is 19.9 Å². The second-order valence-electron chi connectivity index (χ2n) is 7.48. The standard InChI is InChI=1S/C26H23FN2O4S/c1-4-15-10-20(18-14-34-25-17(18)6-5-7-19(25)27)29-21(11-15)22(30)13-28-26(31)16-8-9-23(32-2)24(12-16)33-3/h4-12,14,22,30H,1,13H2,2-3H3,(H,28,31). The number of rotatable bonds is 8. The van der Waals surface area contributed by atoms with E-state index in [-0.39, 0.29) is 18.3 Å². The summed E-state index contributed by atoms with van der Waals surface area (Å²) in [6.07, 6.45) is 0.586. The van der Waals surface area contributed by atoms with Gasteiger partial charge in [0.25, 0.3) is 5.91 Å². The number of fused-ring (bicyclic) bond motifs is 1. The number of nitrogens with zero attached hydrogens (tertiary/aromatic N) is 1. The number of benzene rings is 2. The third-order valence-electron chi connectivity index (χ3n) is 5.37. The molecule has 1 amide bonds. The van der Waals surface area contributed by atoms with Crippen LogP contribution in [0.5, 0.6) is 11.5 Å². The minimum atomic E-state index is -1.07. The zero-order valence-corrected chi connectivity index (χ0v) is 19.5. The Bertz CT molecular complexity index is 1370. The topological polar surface area (TPSA) is 80.7 Å². The minimum absolute atomic E-state index is 0.0563. The fourth-order valence-electron chi connectivity index (χ4n) is 3.59. The van der Waals surface area contributed by atoms with Gasteiger partial charge in [0.05, 0.1) is 30.3 Å². The third-order valence-corrected chi connectivity index (χ3v) is 6.38. The van der Waals surface area contributed by atoms with Crippen molar-refractivity contribution in [2.24, 2.45) is 0 Å². The highest BCUT2D eigenvalue weighted by Gasteiger charge is 2.17. The van der Waals surface area contributed by atoms with Crippen LogP contribution in [-0.4, -0.2) is 36.8 Å². The molecule has 0 aliphatic rings. The van der Waals surface area contributed by atoms with E-state index < -0.39 is 6.10 Å². The molecule has 0 aliphatic heterocycles. The summed E-state index contributed by atoms with van der Waals surface area (Å²) in [6, 6.07) is 13.3. The zero-order chi connectivity index (χ0) is 24.2. The number of carbonyl (C=O) groups is 1. The first-order chi connectivity index (χ1) is 16.4. The van der Waals surface area contributed by atoms with Crippen molar-refractivity contribution < 1.29 is 23.8 Å². The number of aliphatic hydroxyl groups excluding tert-OH is 1. The number of thiophene rings is 1. The summed E-state index contributed by atoms with van der Waals surface area (Å²) in [4.78, 5) is 17.2. The summed E-state index contributed by atoms with van der Waals surface area (Å²) in [5.74, 6) is 0.282. The Hall–Kier alpha value is -3.75. The van der Waals surface area contributed by atoms with E-state index in [4.69, 9.17) is 9.47 Å². The SMILES string of the molecule is C=Cc1cc(-c2csc3c(F)cccc23)nc(C(O)CNC(=O)c2ccc(OC)c(OC)c2)c1. The van der Waals surface area contributed by atoms with E-state index in [1.165, 1.54) is 31.6 Å². The Morgan fingerprint density at radius 1 is 1.21 bits per heavy atom. The highest BCUT2D eigenvalue weighted by atomic mass is 32.1. The largest absolute Gasteiger partial charge is 0.493 e. The van der Waals surface area contributed by atoms with Crippen LogP contribution in [0.3, 0.4) is 0 Å². The average molecular weight is 479 g/mol. The molecule has 0 spiro atoms. The zero-order valence-electron chi connectivity index (χ0n) is 18.7. The normalized spacial score (nSPS) is 11.8. The lowest BCUT2D eigenvalue weighted by molar-refractivity contribution is 0.0914. The molecule has 2 aromatic heterocycles. The van der Waals surface area contributed by atoms with Gasteiger partial charge in [-0.15, -0.1) is 11.3 Å². The number of hydrogen-bond donors (Lipinski definition) is 2. The van der Waals surface area contributed by atoms with Crippen molar-refractivity contribution >= 4 is 33.4 Å². The molecular formula is C26H23FN2O4S. The first-order valence-electron chi connectivity index (χ1n) is 10.4. The van der Waals surface area contributed by atoms with Gasteiger partial charge in [-0.05, 0) is 42.0 Å². The molecule has 2 N–H and O–H groups in total. The molecule has 0 aliphatic carbocycles. The molecule has 6 nitrogen and oxygen atoms in total. The molecule has 0 fully saturated rings. The van der Waals surface area contributed by atoms with Gasteiger partial charge in [0.2, 0.25) is 0 Å². The first kappa shape index (κ1) is 23.4. The number of hydrogen-bond acceptors (Lipinski definition) is 6. The molecule has 4 aromatic rings. The van der Waals surface area contributed by atoms with Crippen molar-refractivity contribution in [3.63, 3.8) is 0 Å². The van der Waals surface area contributed by atoms with Crippen LogP contribution in [0.25, 0.3) is 27.4 Å². The molecular weight excluding hydrogens is 455 g/mol. The van der Waals surface area contributed by atoms with Gasteiger partial charge in [0, 0.05) is 28.4 Å². The fraction of sp³-hybridized carbons (Fsp3) is 0.154. The molecule has 0 bridgehead atoms. The number of pyridine rings is 1. The van der Waals surface area contributed by atoms with Crippen LogP contribution >= 0.6 is 11.3 Å². The maximum Gasteiger partial charge on any atom is 0.251 e. The van der Waals surface area contributed by atoms with Gasteiger partial charge in [0.15, 0.2) is 11.5 Å². The van der Waals surface area contributed by atoms with E-state index in [0.717, 1.165) is 16.5 Å². The van der Waals surface area contributed by atoms with Crippen LogP contribution in [0, 0.1) is 5.82 Å². The molecule has 2 aromatic carbocycles.